The number of nitrogens with one attached hydrogen (secondary N) is 1. The van der Waals surface area contributed by atoms with Crippen molar-refractivity contribution in [1.29, 1.82) is 0 Å². The van der Waals surface area contributed by atoms with E-state index in [-0.39, 0.29) is 18.9 Å². The van der Waals surface area contributed by atoms with Gasteiger partial charge in [0.05, 0.1) is 29.4 Å². The van der Waals surface area contributed by atoms with Gasteiger partial charge in [-0.15, -0.1) is 0 Å². The molecule has 10 heteroatoms. The van der Waals surface area contributed by atoms with Crippen LogP contribution in [0.25, 0.3) is 33.6 Å². The standard InChI is InChI=1S/C29H34N6O4/c1-29(2,3)39-28(38)35-16-20(36)14-24(35)32-27(37)19-9-10-22-21(12-19)31-26(33(22)4)23-13-18-6-5-11-30-25(18)34(23)15-17-7-8-17/h5-6,9-13,17,20,24,36H,7-8,14-16H2,1-4H3,(H,32,37). The molecule has 39 heavy (non-hydrogen) atoms. The van der Waals surface area contributed by atoms with E-state index in [1.54, 1.807) is 32.9 Å². The molecule has 2 unspecified atom stereocenters. The van der Waals surface area contributed by atoms with Crippen LogP contribution in [0.3, 0.4) is 0 Å². The molecule has 0 spiro atoms. The maximum atomic E-state index is 13.2. The number of imidazole rings is 1. The fraction of sp³-hybridized carbons (Fsp3) is 0.448. The van der Waals surface area contributed by atoms with Crippen molar-refractivity contribution >= 4 is 34.1 Å². The number of likely N-dealkylation sites (tertiary alicyclic amines) is 1. The molecule has 6 rings (SSSR count). The molecule has 2 amide bonds. The second-order valence-corrected chi connectivity index (χ2v) is 11.7. The Balaban J connectivity index is 1.28. The monoisotopic (exact) mass is 530 g/mol. The van der Waals surface area contributed by atoms with Crippen LogP contribution in [-0.2, 0) is 18.3 Å². The third-order valence-electron chi connectivity index (χ3n) is 7.37. The number of rotatable bonds is 5. The molecule has 1 aliphatic carbocycles. The molecule has 4 heterocycles. The first-order valence-corrected chi connectivity index (χ1v) is 13.5. The van der Waals surface area contributed by atoms with Crippen molar-refractivity contribution < 1.29 is 19.4 Å². The molecule has 1 saturated carbocycles. The Morgan fingerprint density at radius 2 is 1.97 bits per heavy atom. The largest absolute Gasteiger partial charge is 0.444 e. The van der Waals surface area contributed by atoms with Crippen molar-refractivity contribution in [2.45, 2.75) is 64.4 Å². The van der Waals surface area contributed by atoms with E-state index in [9.17, 15) is 14.7 Å². The highest BCUT2D eigenvalue weighted by atomic mass is 16.6. The molecule has 1 aromatic carbocycles. The molecule has 1 saturated heterocycles. The van der Waals surface area contributed by atoms with E-state index in [2.05, 4.69) is 27.0 Å². The summed E-state index contributed by atoms with van der Waals surface area (Å²) in [6, 6.07) is 11.6. The SMILES string of the molecule is Cn1c(-c2cc3cccnc3n2CC2CC2)nc2cc(C(=O)NC3CC(O)CN3C(=O)OC(C)(C)C)ccc21. The Hall–Kier alpha value is -3.92. The molecule has 4 aromatic rings. The Kier molecular flexibility index (Phi) is 6.10. The van der Waals surface area contributed by atoms with E-state index in [0.717, 1.165) is 34.6 Å². The fourth-order valence-corrected chi connectivity index (χ4v) is 5.29. The number of hydrogen-bond donors (Lipinski definition) is 2. The number of β-amino-alcohol motifs (C(OH)–C–C–N with tert-alkyl or cyclic N) is 1. The number of carbonyl (C=O) groups is 2. The lowest BCUT2D eigenvalue weighted by molar-refractivity contribution is 0.0186. The number of aliphatic hydroxyl groups is 1. The third-order valence-corrected chi connectivity index (χ3v) is 7.37. The van der Waals surface area contributed by atoms with Gasteiger partial charge >= 0.3 is 6.09 Å². The van der Waals surface area contributed by atoms with E-state index in [4.69, 9.17) is 9.72 Å². The van der Waals surface area contributed by atoms with Crippen LogP contribution < -0.4 is 5.32 Å². The van der Waals surface area contributed by atoms with Crippen molar-refractivity contribution in [2.24, 2.45) is 13.0 Å². The average molecular weight is 531 g/mol. The fourth-order valence-electron chi connectivity index (χ4n) is 5.29. The number of nitrogens with zero attached hydrogens (tertiary/aromatic N) is 5. The lowest BCUT2D eigenvalue weighted by atomic mass is 10.1. The highest BCUT2D eigenvalue weighted by molar-refractivity contribution is 5.98. The van der Waals surface area contributed by atoms with Crippen LogP contribution in [0.15, 0.2) is 42.6 Å². The molecule has 2 fully saturated rings. The summed E-state index contributed by atoms with van der Waals surface area (Å²) in [4.78, 5) is 36.9. The van der Waals surface area contributed by atoms with Crippen LogP contribution in [-0.4, -0.2) is 65.5 Å². The van der Waals surface area contributed by atoms with Crippen LogP contribution in [0, 0.1) is 5.92 Å². The van der Waals surface area contributed by atoms with Crippen LogP contribution in [0.5, 0.6) is 0 Å². The van der Waals surface area contributed by atoms with E-state index in [1.165, 1.54) is 17.7 Å². The number of aryl methyl sites for hydroxylation is 1. The summed E-state index contributed by atoms with van der Waals surface area (Å²) in [5.74, 6) is 1.14. The number of fused-ring (bicyclic) bond motifs is 2. The quantitative estimate of drug-likeness (QED) is 0.402. The van der Waals surface area contributed by atoms with Crippen molar-refractivity contribution in [3.63, 3.8) is 0 Å². The predicted molar refractivity (Wildman–Crippen MR) is 147 cm³/mol. The zero-order chi connectivity index (χ0) is 27.5. The van der Waals surface area contributed by atoms with Crippen LogP contribution >= 0.6 is 0 Å². The summed E-state index contributed by atoms with van der Waals surface area (Å²) in [6.45, 7) is 6.36. The van der Waals surface area contributed by atoms with Gasteiger partial charge in [-0.2, -0.15) is 0 Å². The van der Waals surface area contributed by atoms with Crippen molar-refractivity contribution in [3.8, 4) is 11.5 Å². The number of carbonyl (C=O) groups excluding carboxylic acids is 2. The van der Waals surface area contributed by atoms with E-state index in [1.807, 2.05) is 29.9 Å². The van der Waals surface area contributed by atoms with Gasteiger partial charge in [-0.05, 0) is 75.9 Å². The minimum atomic E-state index is -0.736. The summed E-state index contributed by atoms with van der Waals surface area (Å²) < 4.78 is 9.78. The van der Waals surface area contributed by atoms with Gasteiger partial charge in [-0.1, -0.05) is 0 Å². The molecule has 0 radical (unpaired) electrons. The highest BCUT2D eigenvalue weighted by Crippen LogP contribution is 2.36. The number of ether oxygens (including phenoxy) is 1. The molecule has 2 atom stereocenters. The summed E-state index contributed by atoms with van der Waals surface area (Å²) in [5.41, 5.74) is 3.32. The van der Waals surface area contributed by atoms with Crippen LogP contribution in [0.4, 0.5) is 4.79 Å². The Morgan fingerprint density at radius 1 is 1.18 bits per heavy atom. The van der Waals surface area contributed by atoms with Crippen molar-refractivity contribution in [2.75, 3.05) is 6.54 Å². The number of pyridine rings is 1. The van der Waals surface area contributed by atoms with Gasteiger partial charge in [-0.3, -0.25) is 9.69 Å². The van der Waals surface area contributed by atoms with Gasteiger partial charge in [0.1, 0.15) is 17.4 Å². The summed E-state index contributed by atoms with van der Waals surface area (Å²) in [7, 11) is 1.98. The summed E-state index contributed by atoms with van der Waals surface area (Å²) in [6.07, 6.45) is 2.56. The number of benzene rings is 1. The van der Waals surface area contributed by atoms with Gasteiger partial charge in [0, 0.05) is 37.2 Å². The minimum absolute atomic E-state index is 0.103. The Morgan fingerprint density at radius 3 is 2.72 bits per heavy atom. The normalized spacial score (nSPS) is 19.7. The number of amides is 2. The van der Waals surface area contributed by atoms with Crippen LogP contribution in [0.1, 0.15) is 50.4 Å². The lowest BCUT2D eigenvalue weighted by Crippen LogP contribution is -2.48. The number of aromatic nitrogens is 4. The smallest absolute Gasteiger partial charge is 0.412 e. The highest BCUT2D eigenvalue weighted by Gasteiger charge is 2.38. The molecule has 2 N–H and O–H groups in total. The van der Waals surface area contributed by atoms with Gasteiger partial charge in [0.15, 0.2) is 5.82 Å². The minimum Gasteiger partial charge on any atom is -0.444 e. The maximum Gasteiger partial charge on any atom is 0.412 e. The van der Waals surface area contributed by atoms with Crippen molar-refractivity contribution in [1.82, 2.24) is 29.3 Å². The zero-order valence-corrected chi connectivity index (χ0v) is 22.7. The van der Waals surface area contributed by atoms with Gasteiger partial charge in [-0.25, -0.2) is 14.8 Å². The topological polar surface area (TPSA) is 115 Å². The predicted octanol–water partition coefficient (Wildman–Crippen LogP) is 4.06. The van der Waals surface area contributed by atoms with Crippen molar-refractivity contribution in [3.05, 3.63) is 48.2 Å². The average Bonchev–Trinajstić information content (AvgIpc) is 3.40. The third kappa shape index (κ3) is 4.96. The second kappa shape index (κ2) is 9.37. The number of hydrogen-bond acceptors (Lipinski definition) is 6. The van der Waals surface area contributed by atoms with Gasteiger partial charge in [0.2, 0.25) is 0 Å². The van der Waals surface area contributed by atoms with Gasteiger partial charge < -0.3 is 24.3 Å². The Labute approximate surface area is 226 Å². The lowest BCUT2D eigenvalue weighted by Gasteiger charge is -2.28. The molecule has 204 valence electrons. The molecular formula is C29H34N6O4. The maximum absolute atomic E-state index is 13.2. The molecule has 1 aliphatic heterocycles. The molecular weight excluding hydrogens is 496 g/mol. The van der Waals surface area contributed by atoms with Crippen LogP contribution in [0.2, 0.25) is 0 Å². The summed E-state index contributed by atoms with van der Waals surface area (Å²) in [5, 5.41) is 14.2. The van der Waals surface area contributed by atoms with E-state index in [0.29, 0.717) is 17.0 Å². The molecule has 3 aromatic heterocycles. The zero-order valence-electron chi connectivity index (χ0n) is 22.7. The summed E-state index contributed by atoms with van der Waals surface area (Å²) >= 11 is 0. The van der Waals surface area contributed by atoms with E-state index >= 15 is 0 Å². The molecule has 10 nitrogen and oxygen atoms in total. The number of aliphatic hydroxyl groups excluding tert-OH is 1. The first-order chi connectivity index (χ1) is 18.6. The molecule has 2 aliphatic rings. The molecule has 0 bridgehead atoms. The Bertz CT molecular complexity index is 1580. The second-order valence-electron chi connectivity index (χ2n) is 11.7. The first-order valence-electron chi connectivity index (χ1n) is 13.5. The van der Waals surface area contributed by atoms with E-state index < -0.39 is 24.0 Å². The first kappa shape index (κ1) is 25.4. The van der Waals surface area contributed by atoms with Gasteiger partial charge in [0.25, 0.3) is 5.91 Å².